The van der Waals surface area contributed by atoms with Crippen LogP contribution in [-0.4, -0.2) is 43.6 Å². The quantitative estimate of drug-likeness (QED) is 0.511. The van der Waals surface area contributed by atoms with Crippen molar-refractivity contribution in [1.82, 2.24) is 0 Å². The van der Waals surface area contributed by atoms with E-state index in [4.69, 9.17) is 11.9 Å². The van der Waals surface area contributed by atoms with Crippen molar-refractivity contribution >= 4 is 43.6 Å². The Bertz CT molecular complexity index is 15.5. The molecule has 29 valence electrons. The number of hydrogen-bond acceptors (Lipinski definition) is 3. The first kappa shape index (κ1) is 16.0. The van der Waals surface area contributed by atoms with Crippen molar-refractivity contribution in [2.24, 2.45) is 0 Å². The van der Waals surface area contributed by atoms with Crippen molar-refractivity contribution < 1.29 is 11.9 Å². The molecule has 0 aliphatic rings. The molecule has 0 aliphatic carbocycles. The average molecular weight is 294 g/mol. The van der Waals surface area contributed by atoms with Gasteiger partial charge in [0.1, 0.15) is 0 Å². The zero-order valence-corrected chi connectivity index (χ0v) is 7.69. The van der Waals surface area contributed by atoms with Gasteiger partial charge in [-0.25, -0.2) is 0 Å². The first-order valence-electron chi connectivity index (χ1n) is 0.644. The Morgan fingerprint density at radius 3 is 1.17 bits per heavy atom. The third kappa shape index (κ3) is 164. The summed E-state index contributed by atoms with van der Waals surface area (Å²) >= 11 is 0.0556. The van der Waals surface area contributed by atoms with E-state index in [9.17, 15) is 0 Å². The predicted molar refractivity (Wildman–Crippen MR) is 19.3 cm³/mol. The Kier molecular flexibility index (Phi) is 867. The van der Waals surface area contributed by atoms with Crippen molar-refractivity contribution in [3.8, 4) is 0 Å². The van der Waals surface area contributed by atoms with Gasteiger partial charge in [-0.05, 0) is 0 Å². The van der Waals surface area contributed by atoms with Gasteiger partial charge in [0.05, 0.1) is 0 Å². The van der Waals surface area contributed by atoms with E-state index in [2.05, 4.69) is 7.72 Å². The van der Waals surface area contributed by atoms with Gasteiger partial charge < -0.3 is 4.46 Å². The molecule has 0 saturated carbocycles. The third-order valence-electron chi connectivity index (χ3n) is 0. The van der Waals surface area contributed by atoms with Crippen molar-refractivity contribution in [3.05, 3.63) is 0 Å². The van der Waals surface area contributed by atoms with Crippen LogP contribution in [0.25, 0.3) is 0 Å². The molecule has 0 bridgehead atoms. The Balaban J connectivity index is -0.0000000225. The molecule has 5 radical (unpaired) electrons. The number of rotatable bonds is 0. The molecule has 0 aromatic carbocycles. The fourth-order valence-corrected chi connectivity index (χ4v) is 0. The van der Waals surface area contributed by atoms with Gasteiger partial charge in [0.2, 0.25) is 0 Å². The Morgan fingerprint density at radius 2 is 1.17 bits per heavy atom. The van der Waals surface area contributed by atoms with Gasteiger partial charge in [0.15, 0.2) is 0 Å². The van der Waals surface area contributed by atoms with Gasteiger partial charge >= 0.3 is 51.0 Å². The zero-order chi connectivity index (χ0) is 6.00. The van der Waals surface area contributed by atoms with Gasteiger partial charge in [-0.2, -0.15) is 0 Å². The molecule has 0 unspecified atom stereocenters. The summed E-state index contributed by atoms with van der Waals surface area (Å²) in [5.41, 5.74) is 0. The first-order chi connectivity index (χ1) is 3.00. The normalized spacial score (nSPS) is 1.83. The molecule has 0 spiro atoms. The van der Waals surface area contributed by atoms with Crippen LogP contribution in [0.2, 0.25) is 0 Å². The van der Waals surface area contributed by atoms with Crippen LogP contribution in [0.1, 0.15) is 0 Å². The standard InChI is InChI=1S/BO.OSi.O.Pb/c2*1-2;;. The molecule has 0 amide bonds. The minimum atomic E-state index is 0.0556. The van der Waals surface area contributed by atoms with Crippen molar-refractivity contribution in [3.63, 3.8) is 0 Å². The molecule has 0 heterocycles. The minimum absolute atomic E-state index is 0.0556. The molecule has 0 fully saturated rings. The van der Waals surface area contributed by atoms with Crippen LogP contribution in [0.3, 0.4) is 0 Å². The van der Waals surface area contributed by atoms with Crippen LogP contribution in [0.15, 0.2) is 0 Å². The van der Waals surface area contributed by atoms with Crippen molar-refractivity contribution in [2.75, 3.05) is 0 Å². The van der Waals surface area contributed by atoms with E-state index in [1.165, 1.54) is 0 Å². The first-order valence-corrected chi connectivity index (χ1v) is 2.64. The molecular weight excluding hydrogens is 294 g/mol. The van der Waals surface area contributed by atoms with Crippen molar-refractivity contribution in [1.29, 1.82) is 0 Å². The van der Waals surface area contributed by atoms with E-state index >= 15 is 0 Å². The van der Waals surface area contributed by atoms with E-state index in [-0.39, 0.29) is 25.8 Å². The van der Waals surface area contributed by atoms with E-state index in [0.717, 1.165) is 0 Å². The summed E-state index contributed by atoms with van der Waals surface area (Å²) in [5.74, 6) is 0. The monoisotopic (exact) mass is 295 g/mol. The Morgan fingerprint density at radius 1 is 1.17 bits per heavy atom. The summed E-state index contributed by atoms with van der Waals surface area (Å²) in [7, 11) is 4.97. The summed E-state index contributed by atoms with van der Waals surface area (Å²) < 4.78 is 24.2. The van der Waals surface area contributed by atoms with E-state index in [1.807, 2.05) is 0 Å². The third-order valence-corrected chi connectivity index (χ3v) is 0. The molecule has 0 aromatic rings. The zero-order valence-electron chi connectivity index (χ0n) is 2.80. The summed E-state index contributed by atoms with van der Waals surface area (Å²) in [6.07, 6.45) is 0. The molecule has 0 N–H and O–H groups in total. The van der Waals surface area contributed by atoms with E-state index in [0.29, 0.717) is 0 Å². The summed E-state index contributed by atoms with van der Waals surface area (Å²) in [6, 6.07) is 0. The van der Waals surface area contributed by atoms with Crippen LogP contribution < -0.4 is 0 Å². The van der Waals surface area contributed by atoms with E-state index in [1.54, 1.807) is 10.1 Å². The van der Waals surface area contributed by atoms with Gasteiger partial charge in [-0.3, -0.25) is 0 Å². The van der Waals surface area contributed by atoms with Crippen LogP contribution in [0.4, 0.5) is 0 Å². The molecular formula is BO3PbSi. The maximum atomic E-state index is 8.39. The number of hydrogen-bond donors (Lipinski definition) is 0. The SMILES string of the molecule is O=[Si].[B]=O.[O]=[Pb]. The second-order valence-corrected chi connectivity index (χ2v) is 0. The van der Waals surface area contributed by atoms with Crippen LogP contribution >= 0.6 is 0 Å². The Labute approximate surface area is 55.6 Å². The summed E-state index contributed by atoms with van der Waals surface area (Å²) in [4.78, 5) is 0. The second-order valence-electron chi connectivity index (χ2n) is 0. The Hall–Kier alpha value is 0.604. The molecule has 6 heavy (non-hydrogen) atoms. The van der Waals surface area contributed by atoms with Gasteiger partial charge in [-0.1, -0.05) is 0 Å². The molecule has 0 aromatic heterocycles. The topological polar surface area (TPSA) is 51.2 Å². The molecule has 6 heteroatoms. The summed E-state index contributed by atoms with van der Waals surface area (Å²) in [6.45, 7) is 0. The van der Waals surface area contributed by atoms with Crippen LogP contribution in [0.5, 0.6) is 0 Å². The maximum absolute atomic E-state index is 8.39. The molecule has 0 atom stereocenters. The average Bonchev–Trinajstić information content (AvgIpc) is 1.81. The molecule has 3 nitrogen and oxygen atoms in total. The van der Waals surface area contributed by atoms with Crippen LogP contribution in [0, 0.1) is 0 Å². The van der Waals surface area contributed by atoms with Gasteiger partial charge in [0, 0.05) is 0 Å². The second kappa shape index (κ2) is 326. The fraction of sp³-hybridized carbons (Fsp3) is 0. The summed E-state index contributed by atoms with van der Waals surface area (Å²) in [5, 5.41) is 0. The fourth-order valence-electron chi connectivity index (χ4n) is 0. The predicted octanol–water partition coefficient (Wildman–Crippen LogP) is -1.50. The van der Waals surface area contributed by atoms with Gasteiger partial charge in [0.25, 0.3) is 0 Å². The van der Waals surface area contributed by atoms with E-state index < -0.39 is 0 Å². The van der Waals surface area contributed by atoms with Crippen molar-refractivity contribution in [2.45, 2.75) is 0 Å². The molecule has 0 rings (SSSR count). The van der Waals surface area contributed by atoms with Crippen LogP contribution in [-0.2, 0) is 11.9 Å². The molecule has 0 aliphatic heterocycles. The van der Waals surface area contributed by atoms with Gasteiger partial charge in [-0.15, -0.1) is 0 Å². The molecule has 0 saturated heterocycles.